The molecule has 2 saturated heterocycles. The molecule has 3 aliphatic rings. The van der Waals surface area contributed by atoms with Crippen LogP contribution in [0.25, 0.3) is 0 Å². The standard InChI is InChI=1S/C26H30F3N3O5/c1-3-21(33)32-14-13-31(24(36)25(32)10-11-25)20(16-17-7-5-8-18(15-17)26(27,28)29)22(34)30-12-6-9-19(30)23(35)37-4-2/h3,5,7-8,15,19-20H,1,4,6,9-14,16H2,2H3/t19-,20-/m0/s1. The predicted octanol–water partition coefficient (Wildman–Crippen LogP) is 2.56. The van der Waals surface area contributed by atoms with Crippen LogP contribution in [-0.4, -0.2) is 82.3 Å². The quantitative estimate of drug-likeness (QED) is 0.407. The van der Waals surface area contributed by atoms with Gasteiger partial charge in [0.25, 0.3) is 0 Å². The van der Waals surface area contributed by atoms with Gasteiger partial charge < -0.3 is 19.4 Å². The molecule has 0 N–H and O–H groups in total. The Balaban J connectivity index is 1.67. The second-order valence-corrected chi connectivity index (χ2v) is 9.58. The van der Waals surface area contributed by atoms with Gasteiger partial charge >= 0.3 is 12.1 Å². The molecular formula is C26H30F3N3O5. The monoisotopic (exact) mass is 521 g/mol. The van der Waals surface area contributed by atoms with E-state index < -0.39 is 47.1 Å². The van der Waals surface area contributed by atoms with E-state index in [1.54, 1.807) is 6.92 Å². The first-order chi connectivity index (χ1) is 17.5. The summed E-state index contributed by atoms with van der Waals surface area (Å²) in [5.41, 5.74) is -1.68. The number of esters is 1. The summed E-state index contributed by atoms with van der Waals surface area (Å²) in [5.74, 6) is -1.85. The second kappa shape index (κ2) is 10.2. The molecule has 3 amide bonds. The summed E-state index contributed by atoms with van der Waals surface area (Å²) in [6.45, 7) is 5.78. The van der Waals surface area contributed by atoms with E-state index >= 15 is 0 Å². The zero-order valence-electron chi connectivity index (χ0n) is 20.6. The number of hydrogen-bond acceptors (Lipinski definition) is 5. The van der Waals surface area contributed by atoms with Gasteiger partial charge in [-0.3, -0.25) is 14.4 Å². The van der Waals surface area contributed by atoms with Crippen molar-refractivity contribution >= 4 is 23.7 Å². The Bertz CT molecular complexity index is 1100. The number of halogens is 3. The molecule has 2 aliphatic heterocycles. The van der Waals surface area contributed by atoms with Gasteiger partial charge in [0.1, 0.15) is 17.6 Å². The normalized spacial score (nSPS) is 21.7. The molecule has 11 heteroatoms. The minimum atomic E-state index is -4.57. The smallest absolute Gasteiger partial charge is 0.416 e. The van der Waals surface area contributed by atoms with Crippen molar-refractivity contribution in [1.29, 1.82) is 0 Å². The summed E-state index contributed by atoms with van der Waals surface area (Å²) in [4.78, 5) is 56.7. The van der Waals surface area contributed by atoms with Crippen molar-refractivity contribution in [2.45, 2.75) is 62.8 Å². The number of piperazine rings is 1. The van der Waals surface area contributed by atoms with Crippen LogP contribution < -0.4 is 0 Å². The van der Waals surface area contributed by atoms with Gasteiger partial charge in [-0.05, 0) is 50.3 Å². The number of rotatable bonds is 7. The molecule has 200 valence electrons. The molecular weight excluding hydrogens is 491 g/mol. The zero-order valence-corrected chi connectivity index (χ0v) is 20.6. The first kappa shape index (κ1) is 26.7. The summed E-state index contributed by atoms with van der Waals surface area (Å²) in [6, 6.07) is 2.72. The first-order valence-electron chi connectivity index (χ1n) is 12.4. The third-order valence-corrected chi connectivity index (χ3v) is 7.34. The van der Waals surface area contributed by atoms with Gasteiger partial charge in [-0.2, -0.15) is 13.2 Å². The van der Waals surface area contributed by atoms with Crippen molar-refractivity contribution in [3.8, 4) is 0 Å². The van der Waals surface area contributed by atoms with Crippen LogP contribution in [0.15, 0.2) is 36.9 Å². The molecule has 1 saturated carbocycles. The van der Waals surface area contributed by atoms with Gasteiger partial charge in [0.05, 0.1) is 12.2 Å². The van der Waals surface area contributed by atoms with Crippen molar-refractivity contribution in [2.75, 3.05) is 26.2 Å². The molecule has 0 aromatic heterocycles. The summed E-state index contributed by atoms with van der Waals surface area (Å²) in [7, 11) is 0. The van der Waals surface area contributed by atoms with E-state index in [1.165, 1.54) is 26.8 Å². The summed E-state index contributed by atoms with van der Waals surface area (Å²) in [6.07, 6.45) is -1.76. The molecule has 1 aliphatic carbocycles. The molecule has 2 heterocycles. The summed E-state index contributed by atoms with van der Waals surface area (Å²) in [5, 5.41) is 0. The minimum absolute atomic E-state index is 0.0352. The highest BCUT2D eigenvalue weighted by atomic mass is 19.4. The number of hydrogen-bond donors (Lipinski definition) is 0. The summed E-state index contributed by atoms with van der Waals surface area (Å²) < 4.78 is 45.2. The number of amides is 3. The lowest BCUT2D eigenvalue weighted by atomic mass is 9.98. The van der Waals surface area contributed by atoms with Crippen LogP contribution in [-0.2, 0) is 36.5 Å². The maximum Gasteiger partial charge on any atom is 0.416 e. The highest BCUT2D eigenvalue weighted by Crippen LogP contribution is 2.46. The number of benzene rings is 1. The average Bonchev–Trinajstić information content (AvgIpc) is 3.49. The van der Waals surface area contributed by atoms with Crippen LogP contribution in [0.5, 0.6) is 0 Å². The fourth-order valence-corrected chi connectivity index (χ4v) is 5.37. The Labute approximate surface area is 213 Å². The van der Waals surface area contributed by atoms with Crippen LogP contribution in [0.4, 0.5) is 13.2 Å². The molecule has 1 aromatic carbocycles. The molecule has 2 atom stereocenters. The maximum atomic E-state index is 13.9. The molecule has 0 unspecified atom stereocenters. The van der Waals surface area contributed by atoms with Crippen LogP contribution in [0.1, 0.15) is 43.7 Å². The number of carbonyl (C=O) groups excluding carboxylic acids is 4. The Hall–Kier alpha value is -3.37. The van der Waals surface area contributed by atoms with E-state index in [9.17, 15) is 32.3 Å². The van der Waals surface area contributed by atoms with Crippen LogP contribution in [0.3, 0.4) is 0 Å². The van der Waals surface area contributed by atoms with Gasteiger partial charge in [0.15, 0.2) is 0 Å². The predicted molar refractivity (Wildman–Crippen MR) is 126 cm³/mol. The highest BCUT2D eigenvalue weighted by Gasteiger charge is 2.61. The van der Waals surface area contributed by atoms with Crippen LogP contribution in [0.2, 0.25) is 0 Å². The fourth-order valence-electron chi connectivity index (χ4n) is 5.37. The number of carbonyl (C=O) groups is 4. The van der Waals surface area contributed by atoms with E-state index in [4.69, 9.17) is 4.74 Å². The number of nitrogens with zero attached hydrogens (tertiary/aromatic N) is 3. The Morgan fingerprint density at radius 1 is 1.22 bits per heavy atom. The molecule has 1 aromatic rings. The second-order valence-electron chi connectivity index (χ2n) is 9.58. The summed E-state index contributed by atoms with van der Waals surface area (Å²) >= 11 is 0. The SMILES string of the molecule is C=CC(=O)N1CCN([C@@H](Cc2cccc(C(F)(F)F)c2)C(=O)N2CCC[C@H]2C(=O)OCC)C(=O)C12CC2. The topological polar surface area (TPSA) is 87.2 Å². The maximum absolute atomic E-state index is 13.9. The average molecular weight is 522 g/mol. The van der Waals surface area contributed by atoms with E-state index in [1.807, 2.05) is 0 Å². The first-order valence-corrected chi connectivity index (χ1v) is 12.4. The largest absolute Gasteiger partial charge is 0.464 e. The van der Waals surface area contributed by atoms with Gasteiger partial charge in [0.2, 0.25) is 17.7 Å². The van der Waals surface area contributed by atoms with E-state index in [0.717, 1.165) is 18.2 Å². The lowest BCUT2D eigenvalue weighted by molar-refractivity contribution is -0.161. The van der Waals surface area contributed by atoms with Crippen molar-refractivity contribution < 1.29 is 37.1 Å². The number of likely N-dealkylation sites (tertiary alicyclic amines) is 1. The molecule has 8 nitrogen and oxygen atoms in total. The van der Waals surface area contributed by atoms with Crippen molar-refractivity contribution in [3.63, 3.8) is 0 Å². The Morgan fingerprint density at radius 2 is 1.95 bits per heavy atom. The minimum Gasteiger partial charge on any atom is -0.464 e. The van der Waals surface area contributed by atoms with Gasteiger partial charge in [-0.15, -0.1) is 0 Å². The van der Waals surface area contributed by atoms with Crippen molar-refractivity contribution in [3.05, 3.63) is 48.0 Å². The molecule has 4 rings (SSSR count). The molecule has 3 fully saturated rings. The van der Waals surface area contributed by atoms with E-state index in [-0.39, 0.29) is 44.1 Å². The van der Waals surface area contributed by atoms with Crippen molar-refractivity contribution in [2.24, 2.45) is 0 Å². The Kier molecular flexibility index (Phi) is 7.34. The lowest BCUT2D eigenvalue weighted by Crippen LogP contribution is -2.65. The number of ether oxygens (including phenoxy) is 1. The van der Waals surface area contributed by atoms with Gasteiger partial charge in [0, 0.05) is 26.1 Å². The molecule has 0 bridgehead atoms. The third-order valence-electron chi connectivity index (χ3n) is 7.34. The van der Waals surface area contributed by atoms with Crippen LogP contribution >= 0.6 is 0 Å². The molecule has 1 spiro atoms. The van der Waals surface area contributed by atoms with Crippen LogP contribution in [0, 0.1) is 0 Å². The van der Waals surface area contributed by atoms with Gasteiger partial charge in [-0.25, -0.2) is 4.79 Å². The zero-order chi connectivity index (χ0) is 27.0. The Morgan fingerprint density at radius 3 is 2.57 bits per heavy atom. The van der Waals surface area contributed by atoms with Crippen molar-refractivity contribution in [1.82, 2.24) is 14.7 Å². The van der Waals surface area contributed by atoms with E-state index in [0.29, 0.717) is 25.7 Å². The van der Waals surface area contributed by atoms with E-state index in [2.05, 4.69) is 6.58 Å². The van der Waals surface area contributed by atoms with Gasteiger partial charge in [-0.1, -0.05) is 24.8 Å². The molecule has 37 heavy (non-hydrogen) atoms. The third kappa shape index (κ3) is 5.08. The fraction of sp³-hybridized carbons (Fsp3) is 0.538. The highest BCUT2D eigenvalue weighted by molar-refractivity contribution is 6.00. The molecule has 0 radical (unpaired) electrons. The number of alkyl halides is 3. The lowest BCUT2D eigenvalue weighted by Gasteiger charge is -2.44.